The van der Waals surface area contributed by atoms with Crippen LogP contribution in [-0.2, 0) is 16.6 Å². The first kappa shape index (κ1) is 16.1. The van der Waals surface area contributed by atoms with Crippen LogP contribution < -0.4 is 4.72 Å². The van der Waals surface area contributed by atoms with E-state index in [0.29, 0.717) is 0 Å². The van der Waals surface area contributed by atoms with Crippen molar-refractivity contribution in [3.05, 3.63) is 82.4 Å². The molecule has 0 bridgehead atoms. The van der Waals surface area contributed by atoms with E-state index < -0.39 is 14.9 Å². The number of non-ortho nitro benzene ring substituents is 1. The van der Waals surface area contributed by atoms with Gasteiger partial charge in [0.1, 0.15) is 0 Å². The first-order valence-corrected chi connectivity index (χ1v) is 8.66. The summed E-state index contributed by atoms with van der Waals surface area (Å²) in [6.45, 7) is 0.143. The molecule has 6 nitrogen and oxygen atoms in total. The molecule has 0 amide bonds. The second-order valence-corrected chi connectivity index (χ2v) is 7.02. The topological polar surface area (TPSA) is 89.3 Å². The molecule has 24 heavy (non-hydrogen) atoms. The Morgan fingerprint density at radius 1 is 0.917 bits per heavy atom. The molecule has 0 aromatic heterocycles. The maximum absolute atomic E-state index is 12.3. The number of hydrogen-bond acceptors (Lipinski definition) is 4. The molecule has 0 atom stereocenters. The largest absolute Gasteiger partial charge is 0.269 e. The third kappa shape index (κ3) is 3.42. The molecule has 0 fully saturated rings. The fourth-order valence-electron chi connectivity index (χ4n) is 2.36. The number of sulfonamides is 1. The monoisotopic (exact) mass is 342 g/mol. The van der Waals surface area contributed by atoms with Gasteiger partial charge in [-0.15, -0.1) is 0 Å². The lowest BCUT2D eigenvalue weighted by Gasteiger charge is -2.08. The van der Waals surface area contributed by atoms with Crippen molar-refractivity contribution in [2.45, 2.75) is 11.4 Å². The Labute approximate surface area is 138 Å². The van der Waals surface area contributed by atoms with Crippen LogP contribution in [-0.4, -0.2) is 13.3 Å². The Hall–Kier alpha value is -2.77. The van der Waals surface area contributed by atoms with Crippen LogP contribution in [0, 0.1) is 10.1 Å². The van der Waals surface area contributed by atoms with E-state index in [9.17, 15) is 18.5 Å². The molecule has 3 rings (SSSR count). The molecule has 0 aliphatic rings. The molecule has 0 saturated carbocycles. The maximum atomic E-state index is 12.3. The van der Waals surface area contributed by atoms with E-state index in [1.165, 1.54) is 24.3 Å². The minimum Gasteiger partial charge on any atom is -0.258 e. The number of nitro benzene ring substituents is 1. The van der Waals surface area contributed by atoms with Gasteiger partial charge in [-0.1, -0.05) is 36.4 Å². The van der Waals surface area contributed by atoms with Crippen LogP contribution in [0.25, 0.3) is 10.8 Å². The summed E-state index contributed by atoms with van der Waals surface area (Å²) in [5, 5.41) is 12.7. The zero-order valence-electron chi connectivity index (χ0n) is 12.5. The average molecular weight is 342 g/mol. The Balaban J connectivity index is 1.77. The standard InChI is InChI=1S/C17H14N2O4S/c20-19(21)16-7-9-17(10-8-16)24(22,23)18-12-13-5-6-14-3-1-2-4-15(14)11-13/h1-11,18H,12H2. The van der Waals surface area contributed by atoms with Gasteiger partial charge in [0.05, 0.1) is 9.82 Å². The summed E-state index contributed by atoms with van der Waals surface area (Å²) in [6.07, 6.45) is 0. The van der Waals surface area contributed by atoms with Crippen molar-refractivity contribution >= 4 is 26.5 Å². The molecule has 7 heteroatoms. The first-order chi connectivity index (χ1) is 11.5. The summed E-state index contributed by atoms with van der Waals surface area (Å²) in [5.41, 5.74) is 0.683. The lowest BCUT2D eigenvalue weighted by atomic mass is 10.1. The van der Waals surface area contributed by atoms with E-state index in [0.717, 1.165) is 16.3 Å². The number of rotatable bonds is 5. The third-order valence-corrected chi connectivity index (χ3v) is 5.06. The van der Waals surface area contributed by atoms with Gasteiger partial charge in [-0.25, -0.2) is 13.1 Å². The Kier molecular flexibility index (Phi) is 4.28. The van der Waals surface area contributed by atoms with E-state index in [4.69, 9.17) is 0 Å². The van der Waals surface area contributed by atoms with Crippen molar-refractivity contribution in [1.29, 1.82) is 0 Å². The van der Waals surface area contributed by atoms with Crippen LogP contribution in [0.4, 0.5) is 5.69 Å². The Morgan fingerprint density at radius 3 is 2.25 bits per heavy atom. The van der Waals surface area contributed by atoms with Crippen molar-refractivity contribution in [1.82, 2.24) is 4.72 Å². The number of fused-ring (bicyclic) bond motifs is 1. The Bertz CT molecular complexity index is 999. The van der Waals surface area contributed by atoms with E-state index in [2.05, 4.69) is 4.72 Å². The number of nitrogens with zero attached hydrogens (tertiary/aromatic N) is 1. The van der Waals surface area contributed by atoms with Gasteiger partial charge >= 0.3 is 0 Å². The van der Waals surface area contributed by atoms with Crippen molar-refractivity contribution in [2.24, 2.45) is 0 Å². The van der Waals surface area contributed by atoms with E-state index in [-0.39, 0.29) is 17.1 Å². The first-order valence-electron chi connectivity index (χ1n) is 7.17. The van der Waals surface area contributed by atoms with Gasteiger partial charge < -0.3 is 0 Å². The lowest BCUT2D eigenvalue weighted by Crippen LogP contribution is -2.23. The summed E-state index contributed by atoms with van der Waals surface area (Å²) in [5.74, 6) is 0. The van der Waals surface area contributed by atoms with Gasteiger partial charge in [-0.2, -0.15) is 0 Å². The van der Waals surface area contributed by atoms with E-state index >= 15 is 0 Å². The van der Waals surface area contributed by atoms with Gasteiger partial charge in [0, 0.05) is 18.7 Å². The number of benzene rings is 3. The molecule has 0 heterocycles. The molecule has 0 unspecified atom stereocenters. The number of hydrogen-bond donors (Lipinski definition) is 1. The van der Waals surface area contributed by atoms with Crippen LogP contribution in [0.5, 0.6) is 0 Å². The zero-order chi connectivity index (χ0) is 17.2. The van der Waals surface area contributed by atoms with Gasteiger partial charge in [-0.3, -0.25) is 10.1 Å². The predicted molar refractivity (Wildman–Crippen MR) is 91.1 cm³/mol. The fourth-order valence-corrected chi connectivity index (χ4v) is 3.38. The third-order valence-electron chi connectivity index (χ3n) is 3.64. The molecule has 0 aliphatic heterocycles. The second kappa shape index (κ2) is 6.38. The van der Waals surface area contributed by atoms with Crippen molar-refractivity contribution in [3.8, 4) is 0 Å². The van der Waals surface area contributed by atoms with Gasteiger partial charge in [-0.05, 0) is 34.5 Å². The predicted octanol–water partition coefficient (Wildman–Crippen LogP) is 3.23. The lowest BCUT2D eigenvalue weighted by molar-refractivity contribution is -0.384. The summed E-state index contributed by atoms with van der Waals surface area (Å²) in [4.78, 5) is 10.0. The highest BCUT2D eigenvalue weighted by Crippen LogP contribution is 2.18. The minimum atomic E-state index is -3.73. The van der Waals surface area contributed by atoms with Crippen molar-refractivity contribution in [3.63, 3.8) is 0 Å². The Morgan fingerprint density at radius 2 is 1.58 bits per heavy atom. The normalized spacial score (nSPS) is 11.5. The average Bonchev–Trinajstić information content (AvgIpc) is 2.60. The summed E-state index contributed by atoms with van der Waals surface area (Å²) in [7, 11) is -3.73. The summed E-state index contributed by atoms with van der Waals surface area (Å²) >= 11 is 0. The highest BCUT2D eigenvalue weighted by Gasteiger charge is 2.15. The summed E-state index contributed by atoms with van der Waals surface area (Å²) < 4.78 is 27.0. The van der Waals surface area contributed by atoms with E-state index in [1.807, 2.05) is 42.5 Å². The van der Waals surface area contributed by atoms with E-state index in [1.54, 1.807) is 0 Å². The van der Waals surface area contributed by atoms with Gasteiger partial charge in [0.25, 0.3) is 5.69 Å². The van der Waals surface area contributed by atoms with Crippen LogP contribution in [0.2, 0.25) is 0 Å². The number of nitrogens with one attached hydrogen (secondary N) is 1. The molecule has 0 saturated heterocycles. The van der Waals surface area contributed by atoms with Crippen molar-refractivity contribution in [2.75, 3.05) is 0 Å². The van der Waals surface area contributed by atoms with Crippen LogP contribution in [0.3, 0.4) is 0 Å². The molecule has 0 aliphatic carbocycles. The van der Waals surface area contributed by atoms with Gasteiger partial charge in [0.2, 0.25) is 10.0 Å². The molecule has 0 radical (unpaired) electrons. The SMILES string of the molecule is O=[N+]([O-])c1ccc(S(=O)(=O)NCc2ccc3ccccc3c2)cc1. The van der Waals surface area contributed by atoms with Crippen LogP contribution in [0.1, 0.15) is 5.56 Å². The maximum Gasteiger partial charge on any atom is 0.269 e. The van der Waals surface area contributed by atoms with Crippen molar-refractivity contribution < 1.29 is 13.3 Å². The molecule has 3 aromatic carbocycles. The molecule has 0 spiro atoms. The second-order valence-electron chi connectivity index (χ2n) is 5.26. The summed E-state index contributed by atoms with van der Waals surface area (Å²) in [6, 6.07) is 18.3. The van der Waals surface area contributed by atoms with Gasteiger partial charge in [0.15, 0.2) is 0 Å². The highest BCUT2D eigenvalue weighted by atomic mass is 32.2. The quantitative estimate of drug-likeness (QED) is 0.569. The molecule has 1 N–H and O–H groups in total. The minimum absolute atomic E-state index is 0.00566. The molecule has 3 aromatic rings. The molecular formula is C17H14N2O4S. The number of nitro groups is 1. The van der Waals surface area contributed by atoms with Crippen LogP contribution >= 0.6 is 0 Å². The smallest absolute Gasteiger partial charge is 0.258 e. The molecular weight excluding hydrogens is 328 g/mol. The highest BCUT2D eigenvalue weighted by molar-refractivity contribution is 7.89. The van der Waals surface area contributed by atoms with Crippen LogP contribution in [0.15, 0.2) is 71.6 Å². The molecule has 122 valence electrons. The fraction of sp³-hybridized carbons (Fsp3) is 0.0588. The zero-order valence-corrected chi connectivity index (χ0v) is 13.4.